The van der Waals surface area contributed by atoms with Gasteiger partial charge in [0.1, 0.15) is 17.1 Å². The predicted octanol–water partition coefficient (Wildman–Crippen LogP) is 17.1. The molecule has 75 heavy (non-hydrogen) atoms. The zero-order chi connectivity index (χ0) is 51.6. The first-order valence-corrected chi connectivity index (χ1v) is 24.3. The molecule has 0 bridgehead atoms. The molecule has 387 valence electrons. The Bertz CT molecular complexity index is 3410. The smallest absolute Gasteiger partial charge is 0.111 e. The van der Waals surface area contributed by atoms with Crippen molar-refractivity contribution in [1.29, 1.82) is 0 Å². The van der Waals surface area contributed by atoms with E-state index >= 15 is 0 Å². The summed E-state index contributed by atoms with van der Waals surface area (Å²) < 4.78 is 6.36. The number of aryl methyl sites for hydroxylation is 3. The Morgan fingerprint density at radius 1 is 0.427 bits per heavy atom. The van der Waals surface area contributed by atoms with E-state index in [-0.39, 0.29) is 60.3 Å². The van der Waals surface area contributed by atoms with E-state index in [9.17, 15) is 0 Å². The molecule has 0 spiro atoms. The Morgan fingerprint density at radius 3 is 1.12 bits per heavy atom. The Hall–Kier alpha value is -6.63. The molecule has 6 aromatic carbocycles. The van der Waals surface area contributed by atoms with Gasteiger partial charge in [-0.05, 0) is 70.9 Å². The average molecular weight is 1520 g/mol. The minimum atomic E-state index is 0. The van der Waals surface area contributed by atoms with Gasteiger partial charge in [0.25, 0.3) is 0 Å². The molecule has 9 nitrogen and oxygen atoms in total. The summed E-state index contributed by atoms with van der Waals surface area (Å²) in [5, 5.41) is 0. The van der Waals surface area contributed by atoms with Gasteiger partial charge in [-0.2, -0.15) is 18.2 Å². The fraction of sp³-hybridized carbons (Fsp3) is 0.238. The molecule has 3 aromatic heterocycles. The normalized spacial score (nSPS) is 10.5. The maximum absolute atomic E-state index is 7.39. The summed E-state index contributed by atoms with van der Waals surface area (Å²) in [5.41, 5.74) is 16.4. The molecule has 12 heteroatoms. The summed E-state index contributed by atoms with van der Waals surface area (Å²) in [6, 6.07) is 43.5. The first kappa shape index (κ1) is 60.9. The van der Waals surface area contributed by atoms with Crippen LogP contribution in [0.1, 0.15) is 118 Å². The van der Waals surface area contributed by atoms with E-state index in [4.69, 9.17) is 19.7 Å². The second-order valence-electron chi connectivity index (χ2n) is 19.0. The molecule has 0 saturated heterocycles. The van der Waals surface area contributed by atoms with Gasteiger partial charge in [0.2, 0.25) is 0 Å². The van der Waals surface area contributed by atoms with Crippen molar-refractivity contribution in [1.82, 2.24) is 28.7 Å². The first-order valence-electron chi connectivity index (χ1n) is 24.3. The fourth-order valence-corrected chi connectivity index (χ4v) is 8.92. The van der Waals surface area contributed by atoms with Crippen LogP contribution in [0.3, 0.4) is 0 Å². The van der Waals surface area contributed by atoms with Gasteiger partial charge >= 0.3 is 0 Å². The van der Waals surface area contributed by atoms with Crippen molar-refractivity contribution in [2.45, 2.75) is 99.8 Å². The number of aromatic nitrogens is 6. The number of nitrogens with zero attached hydrogens (tertiary/aromatic N) is 9. The van der Waals surface area contributed by atoms with Gasteiger partial charge < -0.3 is 13.7 Å². The van der Waals surface area contributed by atoms with Crippen LogP contribution in [0.25, 0.3) is 65.8 Å². The Labute approximate surface area is 485 Å². The van der Waals surface area contributed by atoms with Crippen LogP contribution in [0, 0.1) is 58.7 Å². The average Bonchev–Trinajstić information content (AvgIpc) is 4.19. The standard InChI is InChI=1S/C23H24N3.C22H22N3.C18H14N3.3Ir/c1-15(2)19-8-7-9-20(16(3)4)22(19)26-13-12-25-23(26)18-11-10-17(5)21(14-18)24-6;1-15(2)19-10-7-11-20(16(3)4)21(19)25-13-12-24-22(25)17-8-6-9-18(14-17)23-5;1-13-6-4-7-14(2)17(13)21-11-10-20-18(21)15-8-5-9-16(12-15)19-3;;;/h7-10,12-16H,1-5H3;6-7,9-16H,1-4H3;4-7,9-12H,1-2H3;;;/q3*-1;;;. The number of benzene rings is 6. The Balaban J connectivity index is 0.000000240. The third-order valence-corrected chi connectivity index (χ3v) is 12.6. The van der Waals surface area contributed by atoms with E-state index in [1.54, 1.807) is 30.5 Å². The van der Waals surface area contributed by atoms with E-state index in [1.165, 1.54) is 44.8 Å². The largest absolute Gasteiger partial charge is 0.340 e. The second kappa shape index (κ2) is 27.8. The van der Waals surface area contributed by atoms with Crippen molar-refractivity contribution in [2.75, 3.05) is 0 Å². The van der Waals surface area contributed by atoms with E-state index in [0.717, 1.165) is 45.4 Å². The van der Waals surface area contributed by atoms with Gasteiger partial charge in [-0.3, -0.25) is 29.5 Å². The van der Waals surface area contributed by atoms with Gasteiger partial charge in [-0.1, -0.05) is 117 Å². The second-order valence-corrected chi connectivity index (χ2v) is 19.0. The van der Waals surface area contributed by atoms with Crippen LogP contribution in [0.15, 0.2) is 140 Å². The van der Waals surface area contributed by atoms with Gasteiger partial charge in [0.05, 0.1) is 37.2 Å². The summed E-state index contributed by atoms with van der Waals surface area (Å²) in [5.74, 6) is 4.06. The van der Waals surface area contributed by atoms with Crippen molar-refractivity contribution < 1.29 is 60.3 Å². The molecule has 9 rings (SSSR count). The van der Waals surface area contributed by atoms with Gasteiger partial charge in [0, 0.05) is 115 Å². The molecule has 3 radical (unpaired) electrons. The third-order valence-electron chi connectivity index (χ3n) is 12.6. The van der Waals surface area contributed by atoms with Gasteiger partial charge in [-0.25, -0.2) is 0 Å². The number of imidazole rings is 3. The van der Waals surface area contributed by atoms with Crippen molar-refractivity contribution in [3.05, 3.63) is 232 Å². The summed E-state index contributed by atoms with van der Waals surface area (Å²) >= 11 is 0. The summed E-state index contributed by atoms with van der Waals surface area (Å²) in [4.78, 5) is 24.2. The van der Waals surface area contributed by atoms with Crippen molar-refractivity contribution in [3.8, 4) is 51.2 Å². The Morgan fingerprint density at radius 2 is 0.773 bits per heavy atom. The van der Waals surface area contributed by atoms with Crippen LogP contribution in [-0.2, 0) is 60.3 Å². The molecule has 0 atom stereocenters. The summed E-state index contributed by atoms with van der Waals surface area (Å²) in [6.07, 6.45) is 11.4. The Kier molecular flexibility index (Phi) is 22.6. The third kappa shape index (κ3) is 13.8. The maximum atomic E-state index is 7.39. The van der Waals surface area contributed by atoms with Crippen LogP contribution in [0.5, 0.6) is 0 Å². The monoisotopic (exact) mass is 1520 g/mol. The molecular formula is C63H60Ir3N9-3. The molecule has 0 aliphatic heterocycles. The van der Waals surface area contributed by atoms with E-state index in [2.05, 4.69) is 185 Å². The van der Waals surface area contributed by atoms with E-state index in [0.29, 0.717) is 40.7 Å². The summed E-state index contributed by atoms with van der Waals surface area (Å²) in [6.45, 7) is 45.6. The van der Waals surface area contributed by atoms with Crippen LogP contribution >= 0.6 is 0 Å². The van der Waals surface area contributed by atoms with Crippen LogP contribution in [0.2, 0.25) is 0 Å². The van der Waals surface area contributed by atoms with Crippen molar-refractivity contribution in [3.63, 3.8) is 0 Å². The zero-order valence-electron chi connectivity index (χ0n) is 44.1. The molecule has 0 N–H and O–H groups in total. The summed E-state index contributed by atoms with van der Waals surface area (Å²) in [7, 11) is 0. The number of hydrogen-bond donors (Lipinski definition) is 0. The number of hydrogen-bond acceptors (Lipinski definition) is 3. The SMILES string of the molecule is [C-]#[N+]c1cc(-c2nccn2-c2c(C(C)C)cccc2C(C)C)[c-]cc1C.[C-]#[N+]c1cc[c-]c(-c2nccn2-c2c(C(C)C)cccc2C(C)C)c1.[C-]#[N+]c1cc[c-]c(-c2nccn2-c2c(C)cccc2C)c1.[Ir].[Ir].[Ir]. The van der Waals surface area contributed by atoms with Crippen LogP contribution < -0.4 is 0 Å². The minimum Gasteiger partial charge on any atom is -0.340 e. The molecule has 9 aromatic rings. The van der Waals surface area contributed by atoms with Crippen molar-refractivity contribution >= 4 is 17.1 Å². The minimum absolute atomic E-state index is 0. The van der Waals surface area contributed by atoms with Gasteiger partial charge in [0.15, 0.2) is 0 Å². The molecule has 0 aliphatic rings. The van der Waals surface area contributed by atoms with Crippen LogP contribution in [-0.4, -0.2) is 28.7 Å². The number of para-hydroxylation sites is 3. The molecule has 3 heterocycles. The van der Waals surface area contributed by atoms with Gasteiger partial charge in [-0.15, -0.1) is 70.8 Å². The first-order chi connectivity index (χ1) is 34.7. The molecule has 0 fully saturated rings. The zero-order valence-corrected chi connectivity index (χ0v) is 51.3. The van der Waals surface area contributed by atoms with E-state index in [1.807, 2.05) is 62.2 Å². The molecule has 0 unspecified atom stereocenters. The van der Waals surface area contributed by atoms with E-state index < -0.39 is 0 Å². The molecule has 0 saturated carbocycles. The quantitative estimate of drug-likeness (QED) is 0.128. The molecule has 0 amide bonds. The van der Waals surface area contributed by atoms with Crippen molar-refractivity contribution in [2.24, 2.45) is 0 Å². The molecule has 0 aliphatic carbocycles. The molecular weight excluding hydrogens is 1460 g/mol. The maximum Gasteiger partial charge on any atom is 0.111 e. The van der Waals surface area contributed by atoms with Crippen LogP contribution in [0.4, 0.5) is 17.1 Å². The fourth-order valence-electron chi connectivity index (χ4n) is 8.92. The number of rotatable bonds is 10. The predicted molar refractivity (Wildman–Crippen MR) is 293 cm³/mol. The topological polar surface area (TPSA) is 66.5 Å².